The molecule has 0 bridgehead atoms. The smallest absolute Gasteiger partial charge is 0.281 e. The van der Waals surface area contributed by atoms with Crippen LogP contribution in [0.5, 0.6) is 5.75 Å². The first kappa shape index (κ1) is 36.0. The Morgan fingerprint density at radius 2 is 1.53 bits per heavy atom. The third-order valence-electron chi connectivity index (χ3n) is 6.86. The lowest BCUT2D eigenvalue weighted by molar-refractivity contribution is 0.0472. The summed E-state index contributed by atoms with van der Waals surface area (Å²) in [5.41, 5.74) is 5.68. The number of rotatable bonds is 17. The molecule has 2 heterocycles. The van der Waals surface area contributed by atoms with Gasteiger partial charge in [-0.05, 0) is 60.9 Å². The third kappa shape index (κ3) is 10.8. The van der Waals surface area contributed by atoms with E-state index in [9.17, 15) is 19.5 Å². The standard InChI is InChI=1S/C34H37BrN4O6S2/c1-3-4-16-44-18-19-45-17-15-36-32(41)25-7-5-23(6-8-25)20-37-33(42)28-13-14-29(47-28)34(43)39-38-22(2)27-21-46-31(30(27)40)24-9-11-26(35)12-10-24/h5-14,21,40H,3-4,15-20H2,1-2H3,(H,36,41)(H,37,42)(H,39,43)/b38-22+. The molecule has 3 amide bonds. The molecule has 0 aliphatic heterocycles. The molecule has 0 unspecified atom stereocenters. The minimum absolute atomic E-state index is 0.0984. The molecule has 2 aromatic carbocycles. The van der Waals surface area contributed by atoms with E-state index in [1.54, 1.807) is 48.7 Å². The molecule has 0 aliphatic carbocycles. The molecule has 47 heavy (non-hydrogen) atoms. The number of nitrogens with zero attached hydrogens (tertiary/aromatic N) is 1. The van der Waals surface area contributed by atoms with Crippen molar-refractivity contribution in [1.29, 1.82) is 0 Å². The number of amides is 3. The molecular formula is C34H37BrN4O6S2. The largest absolute Gasteiger partial charge is 0.506 e. The normalized spacial score (nSPS) is 11.3. The van der Waals surface area contributed by atoms with E-state index < -0.39 is 5.91 Å². The second-order valence-electron chi connectivity index (χ2n) is 10.3. The van der Waals surface area contributed by atoms with E-state index in [1.807, 2.05) is 24.3 Å². The zero-order valence-corrected chi connectivity index (χ0v) is 29.4. The number of carbonyl (C=O) groups is 3. The predicted octanol–water partition coefficient (Wildman–Crippen LogP) is 6.59. The van der Waals surface area contributed by atoms with Gasteiger partial charge in [0.15, 0.2) is 0 Å². The van der Waals surface area contributed by atoms with Gasteiger partial charge in [-0.3, -0.25) is 14.4 Å². The van der Waals surface area contributed by atoms with Crippen molar-refractivity contribution in [2.24, 2.45) is 5.10 Å². The number of ether oxygens (including phenoxy) is 2. The molecule has 0 atom stereocenters. The van der Waals surface area contributed by atoms with Crippen LogP contribution in [0.25, 0.3) is 10.4 Å². The number of benzene rings is 2. The van der Waals surface area contributed by atoms with Gasteiger partial charge < -0.3 is 25.2 Å². The summed E-state index contributed by atoms with van der Waals surface area (Å²) in [6.45, 7) is 6.63. The number of thiophene rings is 2. The zero-order chi connectivity index (χ0) is 33.6. The first-order chi connectivity index (χ1) is 22.8. The highest BCUT2D eigenvalue weighted by atomic mass is 79.9. The van der Waals surface area contributed by atoms with Crippen LogP contribution in [0.15, 0.2) is 75.6 Å². The fourth-order valence-electron chi connectivity index (χ4n) is 4.20. The van der Waals surface area contributed by atoms with Crippen LogP contribution >= 0.6 is 38.6 Å². The SMILES string of the molecule is CCCCOCCOCCNC(=O)c1ccc(CNC(=O)c2ccc(C(=O)N/N=C(\C)c3csc(-c4ccc(Br)cc4)c3O)s2)cc1. The van der Waals surface area contributed by atoms with Crippen LogP contribution in [0.1, 0.15) is 67.5 Å². The van der Waals surface area contributed by atoms with E-state index in [2.05, 4.69) is 44.0 Å². The molecular weight excluding hydrogens is 704 g/mol. The lowest BCUT2D eigenvalue weighted by atomic mass is 10.1. The molecule has 0 radical (unpaired) electrons. The van der Waals surface area contributed by atoms with Crippen LogP contribution < -0.4 is 16.1 Å². The topological polar surface area (TPSA) is 138 Å². The number of carbonyl (C=O) groups excluding carboxylic acids is 3. The Morgan fingerprint density at radius 1 is 0.851 bits per heavy atom. The highest BCUT2D eigenvalue weighted by molar-refractivity contribution is 9.10. The summed E-state index contributed by atoms with van der Waals surface area (Å²) in [6.07, 6.45) is 2.13. The molecule has 10 nitrogen and oxygen atoms in total. The van der Waals surface area contributed by atoms with Gasteiger partial charge in [-0.1, -0.05) is 53.5 Å². The van der Waals surface area contributed by atoms with Crippen molar-refractivity contribution in [3.8, 4) is 16.2 Å². The van der Waals surface area contributed by atoms with Crippen molar-refractivity contribution < 1.29 is 29.0 Å². The molecule has 4 aromatic rings. The average molecular weight is 742 g/mol. The van der Waals surface area contributed by atoms with Crippen molar-refractivity contribution >= 4 is 62.0 Å². The molecule has 2 aromatic heterocycles. The van der Waals surface area contributed by atoms with E-state index in [4.69, 9.17) is 9.47 Å². The first-order valence-electron chi connectivity index (χ1n) is 15.1. The number of unbranched alkanes of at least 4 members (excludes halogenated alkanes) is 1. The second kappa shape index (κ2) is 18.5. The van der Waals surface area contributed by atoms with Crippen LogP contribution in [0.2, 0.25) is 0 Å². The number of halogens is 1. The summed E-state index contributed by atoms with van der Waals surface area (Å²) in [7, 11) is 0. The molecule has 4 N–H and O–H groups in total. The zero-order valence-electron chi connectivity index (χ0n) is 26.1. The number of aromatic hydroxyl groups is 1. The lowest BCUT2D eigenvalue weighted by Crippen LogP contribution is -2.27. The number of hydrogen-bond donors (Lipinski definition) is 4. The maximum absolute atomic E-state index is 12.7. The van der Waals surface area contributed by atoms with Gasteiger partial charge in [-0.25, -0.2) is 5.43 Å². The first-order valence-corrected chi connectivity index (χ1v) is 17.6. The van der Waals surface area contributed by atoms with E-state index in [-0.39, 0.29) is 24.1 Å². The maximum atomic E-state index is 12.7. The predicted molar refractivity (Wildman–Crippen MR) is 190 cm³/mol. The van der Waals surface area contributed by atoms with Gasteiger partial charge in [0.25, 0.3) is 17.7 Å². The average Bonchev–Trinajstić information content (AvgIpc) is 3.73. The monoisotopic (exact) mass is 740 g/mol. The van der Waals surface area contributed by atoms with E-state index in [0.717, 1.165) is 46.4 Å². The summed E-state index contributed by atoms with van der Waals surface area (Å²) >= 11 is 5.84. The van der Waals surface area contributed by atoms with Gasteiger partial charge in [0, 0.05) is 35.1 Å². The molecule has 0 spiro atoms. The van der Waals surface area contributed by atoms with Gasteiger partial charge >= 0.3 is 0 Å². The second-order valence-corrected chi connectivity index (χ2v) is 13.2. The van der Waals surface area contributed by atoms with Crippen LogP contribution in [-0.4, -0.2) is 61.5 Å². The summed E-state index contributed by atoms with van der Waals surface area (Å²) in [5.74, 6) is -0.894. The van der Waals surface area contributed by atoms with Crippen molar-refractivity contribution in [1.82, 2.24) is 16.1 Å². The summed E-state index contributed by atoms with van der Waals surface area (Å²) in [4.78, 5) is 39.3. The lowest BCUT2D eigenvalue weighted by Gasteiger charge is -2.08. The Labute approximate surface area is 290 Å². The summed E-state index contributed by atoms with van der Waals surface area (Å²) < 4.78 is 11.8. The van der Waals surface area contributed by atoms with Crippen molar-refractivity contribution in [3.63, 3.8) is 0 Å². The van der Waals surface area contributed by atoms with Gasteiger partial charge in [-0.2, -0.15) is 5.10 Å². The molecule has 0 aliphatic rings. The number of hydrogen-bond acceptors (Lipinski definition) is 9. The summed E-state index contributed by atoms with van der Waals surface area (Å²) in [6, 6.07) is 17.7. The third-order valence-corrected chi connectivity index (χ3v) is 9.48. The van der Waals surface area contributed by atoms with Crippen molar-refractivity contribution in [2.45, 2.75) is 33.2 Å². The van der Waals surface area contributed by atoms with Crippen LogP contribution in [-0.2, 0) is 16.0 Å². The van der Waals surface area contributed by atoms with Crippen molar-refractivity contribution in [2.75, 3.05) is 33.0 Å². The van der Waals surface area contributed by atoms with E-state index in [1.165, 1.54) is 11.3 Å². The maximum Gasteiger partial charge on any atom is 0.281 e. The van der Waals surface area contributed by atoms with E-state index >= 15 is 0 Å². The molecule has 0 saturated carbocycles. The molecule has 0 saturated heterocycles. The molecule has 4 rings (SSSR count). The quantitative estimate of drug-likeness (QED) is 0.0548. The summed E-state index contributed by atoms with van der Waals surface area (Å²) in [5, 5.41) is 22.4. The Hall–Kier alpha value is -3.88. The minimum Gasteiger partial charge on any atom is -0.506 e. The minimum atomic E-state index is -0.465. The van der Waals surface area contributed by atoms with Crippen LogP contribution in [0.4, 0.5) is 0 Å². The van der Waals surface area contributed by atoms with Gasteiger partial charge in [-0.15, -0.1) is 22.7 Å². The fraction of sp³-hybridized carbons (Fsp3) is 0.294. The molecule has 248 valence electrons. The number of hydrazone groups is 1. The van der Waals surface area contributed by atoms with E-state index in [0.29, 0.717) is 57.8 Å². The fourth-order valence-corrected chi connectivity index (χ4v) is 6.29. The van der Waals surface area contributed by atoms with Crippen LogP contribution in [0.3, 0.4) is 0 Å². The van der Waals surface area contributed by atoms with Gasteiger partial charge in [0.05, 0.1) is 45.7 Å². The Morgan fingerprint density at radius 3 is 2.23 bits per heavy atom. The molecule has 0 fully saturated rings. The number of nitrogens with one attached hydrogen (secondary N) is 3. The van der Waals surface area contributed by atoms with Crippen LogP contribution in [0, 0.1) is 0 Å². The Bertz CT molecular complexity index is 1670. The van der Waals surface area contributed by atoms with Crippen molar-refractivity contribution in [3.05, 3.63) is 97.0 Å². The van der Waals surface area contributed by atoms with Gasteiger partial charge in [0.1, 0.15) is 5.75 Å². The highest BCUT2D eigenvalue weighted by Gasteiger charge is 2.17. The Kier molecular flexibility index (Phi) is 14.1. The Balaban J connectivity index is 1.20. The van der Waals surface area contributed by atoms with Gasteiger partial charge in [0.2, 0.25) is 0 Å². The molecule has 13 heteroatoms. The highest BCUT2D eigenvalue weighted by Crippen LogP contribution is 2.39.